The zero-order valence-corrected chi connectivity index (χ0v) is 12.7. The lowest BCUT2D eigenvalue weighted by atomic mass is 10.2. The van der Waals surface area contributed by atoms with Crippen molar-refractivity contribution in [2.24, 2.45) is 0 Å². The lowest BCUT2D eigenvalue weighted by Crippen LogP contribution is -2.36. The maximum atomic E-state index is 12.0. The summed E-state index contributed by atoms with van der Waals surface area (Å²) < 4.78 is 27.5. The Hall–Kier alpha value is -0.180. The molecule has 96 valence electrons. The first-order valence-electron chi connectivity index (χ1n) is 5.30. The molecule has 1 aromatic rings. The van der Waals surface area contributed by atoms with Gasteiger partial charge in [-0.05, 0) is 59.7 Å². The van der Waals surface area contributed by atoms with Crippen LogP contribution in [0.15, 0.2) is 23.1 Å². The van der Waals surface area contributed by atoms with Gasteiger partial charge in [-0.3, -0.25) is 0 Å². The fraction of sp³-hybridized carbons (Fsp3) is 0.455. The quantitative estimate of drug-likeness (QED) is 0.776. The van der Waals surface area contributed by atoms with E-state index < -0.39 is 16.1 Å². The van der Waals surface area contributed by atoms with Gasteiger partial charge in [-0.1, -0.05) is 6.92 Å². The Balaban J connectivity index is 3.01. The first-order chi connectivity index (χ1) is 7.90. The molecule has 2 N–H and O–H groups in total. The first-order valence-corrected chi connectivity index (χ1v) is 7.86. The lowest BCUT2D eigenvalue weighted by molar-refractivity contribution is 0.254. The highest BCUT2D eigenvalue weighted by Gasteiger charge is 2.18. The van der Waals surface area contributed by atoms with E-state index in [0.717, 1.165) is 9.13 Å². The standard InChI is InChI=1S/C11H16INO3S/c1-3-9(7-14)13-17(15,16)10-4-5-11(12)8(2)6-10/h4-6,9,13-14H,3,7H2,1-2H3/t9-/m1/s1. The molecule has 6 heteroatoms. The van der Waals surface area contributed by atoms with Crippen molar-refractivity contribution in [2.75, 3.05) is 6.61 Å². The highest BCUT2D eigenvalue weighted by Crippen LogP contribution is 2.17. The Morgan fingerprint density at radius 3 is 2.59 bits per heavy atom. The predicted octanol–water partition coefficient (Wildman–Crippen LogP) is 1.65. The molecule has 0 saturated carbocycles. The second kappa shape index (κ2) is 6.12. The van der Waals surface area contributed by atoms with Crippen molar-refractivity contribution in [2.45, 2.75) is 31.2 Å². The molecule has 0 aliphatic carbocycles. The van der Waals surface area contributed by atoms with Crippen LogP contribution in [0.5, 0.6) is 0 Å². The molecule has 0 aromatic heterocycles. The monoisotopic (exact) mass is 369 g/mol. The van der Waals surface area contributed by atoms with Crippen LogP contribution in [0.2, 0.25) is 0 Å². The maximum absolute atomic E-state index is 12.0. The van der Waals surface area contributed by atoms with Gasteiger partial charge in [-0.2, -0.15) is 0 Å². The molecule has 0 aliphatic heterocycles. The van der Waals surface area contributed by atoms with Crippen molar-refractivity contribution in [1.82, 2.24) is 4.72 Å². The lowest BCUT2D eigenvalue weighted by Gasteiger charge is -2.14. The third-order valence-electron chi connectivity index (χ3n) is 2.47. The summed E-state index contributed by atoms with van der Waals surface area (Å²) in [6.07, 6.45) is 0.555. The van der Waals surface area contributed by atoms with Crippen molar-refractivity contribution in [1.29, 1.82) is 0 Å². The van der Waals surface area contributed by atoms with Crippen LogP contribution in [0.25, 0.3) is 0 Å². The second-order valence-electron chi connectivity index (χ2n) is 3.82. The van der Waals surface area contributed by atoms with Crippen LogP contribution in [0.3, 0.4) is 0 Å². The Morgan fingerprint density at radius 1 is 1.47 bits per heavy atom. The smallest absolute Gasteiger partial charge is 0.240 e. The number of halogens is 1. The summed E-state index contributed by atoms with van der Waals surface area (Å²) >= 11 is 2.15. The molecule has 0 bridgehead atoms. The van der Waals surface area contributed by atoms with Gasteiger partial charge in [-0.15, -0.1) is 0 Å². The Bertz CT molecular complexity index is 483. The van der Waals surface area contributed by atoms with E-state index in [9.17, 15) is 8.42 Å². The number of benzene rings is 1. The Kier molecular flexibility index (Phi) is 5.36. The van der Waals surface area contributed by atoms with Crippen molar-refractivity contribution in [3.05, 3.63) is 27.3 Å². The van der Waals surface area contributed by atoms with Crippen molar-refractivity contribution in [3.8, 4) is 0 Å². The number of rotatable bonds is 5. The van der Waals surface area contributed by atoms with Crippen LogP contribution >= 0.6 is 22.6 Å². The number of hydrogen-bond acceptors (Lipinski definition) is 3. The summed E-state index contributed by atoms with van der Waals surface area (Å²) in [5, 5.41) is 9.01. The van der Waals surface area contributed by atoms with Gasteiger partial charge in [0.25, 0.3) is 0 Å². The number of nitrogens with one attached hydrogen (secondary N) is 1. The zero-order chi connectivity index (χ0) is 13.1. The molecule has 1 rings (SSSR count). The predicted molar refractivity (Wildman–Crippen MR) is 75.4 cm³/mol. The van der Waals surface area contributed by atoms with E-state index in [2.05, 4.69) is 27.3 Å². The van der Waals surface area contributed by atoms with Gasteiger partial charge >= 0.3 is 0 Å². The van der Waals surface area contributed by atoms with E-state index in [0.29, 0.717) is 6.42 Å². The van der Waals surface area contributed by atoms with Crippen molar-refractivity contribution < 1.29 is 13.5 Å². The summed E-state index contributed by atoms with van der Waals surface area (Å²) in [6.45, 7) is 3.49. The van der Waals surface area contributed by atoms with Crippen LogP contribution < -0.4 is 4.72 Å². The fourth-order valence-corrected chi connectivity index (χ4v) is 3.05. The highest BCUT2D eigenvalue weighted by molar-refractivity contribution is 14.1. The summed E-state index contributed by atoms with van der Waals surface area (Å²) in [5.41, 5.74) is 0.922. The van der Waals surface area contributed by atoms with Gasteiger partial charge in [-0.25, -0.2) is 13.1 Å². The molecule has 0 saturated heterocycles. The van der Waals surface area contributed by atoms with Crippen LogP contribution in [0.4, 0.5) is 0 Å². The molecule has 0 unspecified atom stereocenters. The average molecular weight is 369 g/mol. The van der Waals surface area contributed by atoms with Gasteiger partial charge in [0.1, 0.15) is 0 Å². The molecule has 0 spiro atoms. The van der Waals surface area contributed by atoms with Crippen molar-refractivity contribution in [3.63, 3.8) is 0 Å². The fourth-order valence-electron chi connectivity index (χ4n) is 1.32. The minimum Gasteiger partial charge on any atom is -0.395 e. The SMILES string of the molecule is CC[C@H](CO)NS(=O)(=O)c1ccc(I)c(C)c1. The molecule has 4 nitrogen and oxygen atoms in total. The molecule has 0 amide bonds. The minimum absolute atomic E-state index is 0.195. The molecule has 17 heavy (non-hydrogen) atoms. The van der Waals surface area contributed by atoms with Crippen LogP contribution in [0.1, 0.15) is 18.9 Å². The second-order valence-corrected chi connectivity index (χ2v) is 6.70. The summed E-state index contributed by atoms with van der Waals surface area (Å²) in [4.78, 5) is 0.238. The molecule has 1 atom stereocenters. The Morgan fingerprint density at radius 2 is 2.12 bits per heavy atom. The number of aliphatic hydroxyl groups is 1. The number of sulfonamides is 1. The number of hydrogen-bond donors (Lipinski definition) is 2. The largest absolute Gasteiger partial charge is 0.395 e. The number of aryl methyl sites for hydroxylation is 1. The molecule has 0 fully saturated rings. The van der Waals surface area contributed by atoms with E-state index in [4.69, 9.17) is 5.11 Å². The molecule has 1 aromatic carbocycles. The third kappa shape index (κ3) is 3.90. The van der Waals surface area contributed by atoms with E-state index in [-0.39, 0.29) is 11.5 Å². The van der Waals surface area contributed by atoms with Gasteiger partial charge in [0.2, 0.25) is 10.0 Å². The normalized spacial score (nSPS) is 13.6. The summed E-state index contributed by atoms with van der Waals surface area (Å²) in [7, 11) is -3.54. The van der Waals surface area contributed by atoms with Crippen LogP contribution in [-0.2, 0) is 10.0 Å². The topological polar surface area (TPSA) is 66.4 Å². The van der Waals surface area contributed by atoms with Crippen molar-refractivity contribution >= 4 is 32.6 Å². The highest BCUT2D eigenvalue weighted by atomic mass is 127. The number of aliphatic hydroxyl groups excluding tert-OH is 1. The molecular formula is C11H16INO3S. The zero-order valence-electron chi connectivity index (χ0n) is 9.77. The molecule has 0 radical (unpaired) electrons. The van der Waals surface area contributed by atoms with E-state index in [1.54, 1.807) is 18.2 Å². The van der Waals surface area contributed by atoms with E-state index in [1.807, 2.05) is 13.8 Å². The van der Waals surface area contributed by atoms with Gasteiger partial charge < -0.3 is 5.11 Å². The van der Waals surface area contributed by atoms with Gasteiger partial charge in [0.15, 0.2) is 0 Å². The molecule has 0 heterocycles. The molecular weight excluding hydrogens is 353 g/mol. The van der Waals surface area contributed by atoms with E-state index >= 15 is 0 Å². The average Bonchev–Trinajstić information content (AvgIpc) is 2.29. The van der Waals surface area contributed by atoms with Gasteiger partial charge in [0.05, 0.1) is 11.5 Å². The first kappa shape index (κ1) is 14.9. The van der Waals surface area contributed by atoms with Gasteiger partial charge in [0, 0.05) is 9.61 Å². The van der Waals surface area contributed by atoms with Crippen LogP contribution in [0, 0.1) is 10.5 Å². The minimum atomic E-state index is -3.54. The molecule has 0 aliphatic rings. The summed E-state index contributed by atoms with van der Waals surface area (Å²) in [5.74, 6) is 0. The van der Waals surface area contributed by atoms with E-state index in [1.165, 1.54) is 0 Å². The van der Waals surface area contributed by atoms with Crippen LogP contribution in [-0.4, -0.2) is 26.2 Å². The Labute approximate surface area is 116 Å². The maximum Gasteiger partial charge on any atom is 0.240 e. The summed E-state index contributed by atoms with van der Waals surface area (Å²) in [6, 6.07) is 4.54. The third-order valence-corrected chi connectivity index (χ3v) is 5.20.